The van der Waals surface area contributed by atoms with Crippen molar-refractivity contribution in [3.05, 3.63) is 77.6 Å². The molecular weight excluding hydrogens is 823 g/mol. The van der Waals surface area contributed by atoms with Gasteiger partial charge in [-0.05, 0) is 91.6 Å². The summed E-state index contributed by atoms with van der Waals surface area (Å²) >= 11 is 11.7. The van der Waals surface area contributed by atoms with Crippen LogP contribution in [-0.4, -0.2) is 60.7 Å². The number of para-hydroxylation sites is 1. The molecule has 1 aliphatic rings. The quantitative estimate of drug-likeness (QED) is 0.0501. The molecule has 5 aromatic rings. The minimum absolute atomic E-state index is 0.324. The van der Waals surface area contributed by atoms with E-state index in [0.29, 0.717) is 60.1 Å². The van der Waals surface area contributed by atoms with Gasteiger partial charge < -0.3 is 19.1 Å². The third-order valence-electron chi connectivity index (χ3n) is 8.36. The highest BCUT2D eigenvalue weighted by Gasteiger charge is 2.28. The van der Waals surface area contributed by atoms with E-state index >= 15 is 0 Å². The fraction of sp³-hybridized carbons (Fsp3) is 0.400. The van der Waals surface area contributed by atoms with Crippen LogP contribution in [0.25, 0.3) is 10.2 Å². The molecule has 0 saturated heterocycles. The molecule has 0 spiro atoms. The number of carbonyl (C=O) groups excluding carboxylic acids is 1. The second-order valence-corrected chi connectivity index (χ2v) is 22.6. The Morgan fingerprint density at radius 3 is 2.72 bits per heavy atom. The number of rotatable bonds is 13. The number of nitrogens with zero attached hydrogens (tertiary/aromatic N) is 6. The van der Waals surface area contributed by atoms with E-state index in [1.54, 1.807) is 11.3 Å². The zero-order valence-corrected chi connectivity index (χ0v) is 34.3. The van der Waals surface area contributed by atoms with Crippen molar-refractivity contribution >= 4 is 97.9 Å². The molecule has 0 radical (unpaired) electrons. The predicted octanol–water partition coefficient (Wildman–Crippen LogP) is 8.94. The summed E-state index contributed by atoms with van der Waals surface area (Å²) in [5.74, 6) is 1.53. The molecule has 0 unspecified atom stereocenters. The first-order valence-corrected chi connectivity index (χ1v) is 23.3. The lowest BCUT2D eigenvalue weighted by Gasteiger charge is -2.28. The van der Waals surface area contributed by atoms with Crippen LogP contribution in [0.4, 0.5) is 16.8 Å². The lowest BCUT2D eigenvalue weighted by atomic mass is 10.0. The highest BCUT2D eigenvalue weighted by Crippen LogP contribution is 2.39. The van der Waals surface area contributed by atoms with Crippen molar-refractivity contribution in [3.63, 3.8) is 0 Å². The second-order valence-electron chi connectivity index (χ2n) is 13.2. The highest BCUT2D eigenvalue weighted by atomic mass is 127. The maximum Gasteiger partial charge on any atom is 0.357 e. The fourth-order valence-electron chi connectivity index (χ4n) is 5.60. The number of aromatic nitrogens is 4. The van der Waals surface area contributed by atoms with Gasteiger partial charge in [-0.25, -0.2) is 9.78 Å². The maximum atomic E-state index is 12.8. The molecule has 15 heteroatoms. The predicted molar refractivity (Wildman–Crippen MR) is 213 cm³/mol. The number of ether oxygens (including phenoxy) is 3. The smallest absolute Gasteiger partial charge is 0.357 e. The number of esters is 1. The number of carbonyl (C=O) groups is 1. The van der Waals surface area contributed by atoms with Crippen LogP contribution in [0.2, 0.25) is 30.7 Å². The molecule has 0 aliphatic carbocycles. The van der Waals surface area contributed by atoms with Gasteiger partial charge in [-0.1, -0.05) is 54.7 Å². The van der Waals surface area contributed by atoms with E-state index < -0.39 is 14.0 Å². The van der Waals surface area contributed by atoms with E-state index in [1.165, 1.54) is 18.4 Å². The van der Waals surface area contributed by atoms with Gasteiger partial charge in [-0.3, -0.25) is 4.57 Å². The molecule has 3 aromatic heterocycles. The Morgan fingerprint density at radius 2 is 1.94 bits per heavy atom. The molecule has 0 fully saturated rings. The topological polar surface area (TPSA) is 104 Å². The van der Waals surface area contributed by atoms with E-state index in [0.717, 1.165) is 65.9 Å². The summed E-state index contributed by atoms with van der Waals surface area (Å²) in [5, 5.41) is 10.6. The van der Waals surface area contributed by atoms with Gasteiger partial charge in [0.05, 0.1) is 29.0 Å². The van der Waals surface area contributed by atoms with Crippen LogP contribution in [0, 0.1) is 10.5 Å². The van der Waals surface area contributed by atoms with Gasteiger partial charge >= 0.3 is 5.97 Å². The maximum absolute atomic E-state index is 12.8. The summed E-state index contributed by atoms with van der Waals surface area (Å²) in [4.78, 5) is 26.4. The molecule has 0 amide bonds. The molecule has 1 aliphatic heterocycles. The van der Waals surface area contributed by atoms with Crippen molar-refractivity contribution in [2.24, 2.45) is 4.99 Å². The molecule has 10 nitrogen and oxygen atoms in total. The first-order chi connectivity index (χ1) is 24.0. The van der Waals surface area contributed by atoms with E-state index in [-0.39, 0.29) is 0 Å². The summed E-state index contributed by atoms with van der Waals surface area (Å²) in [5.41, 5.74) is 3.48. The first kappa shape index (κ1) is 36.9. The van der Waals surface area contributed by atoms with Crippen LogP contribution >= 0.6 is 56.9 Å². The van der Waals surface area contributed by atoms with Crippen LogP contribution in [0.3, 0.4) is 0 Å². The Bertz CT molecular complexity index is 2080. The number of benzene rings is 2. The summed E-state index contributed by atoms with van der Waals surface area (Å²) in [6.45, 7) is 11.4. The van der Waals surface area contributed by atoms with Crippen molar-refractivity contribution in [1.29, 1.82) is 0 Å². The second kappa shape index (κ2) is 16.2. The van der Waals surface area contributed by atoms with Crippen LogP contribution in [-0.2, 0) is 29.0 Å². The van der Waals surface area contributed by atoms with Crippen molar-refractivity contribution in [2.45, 2.75) is 65.0 Å². The Kier molecular flexibility index (Phi) is 11.9. The van der Waals surface area contributed by atoms with Crippen LogP contribution in [0.1, 0.15) is 39.3 Å². The number of halogens is 2. The van der Waals surface area contributed by atoms with Gasteiger partial charge in [-0.2, -0.15) is 4.99 Å². The third-order valence-corrected chi connectivity index (χ3v) is 13.2. The minimum atomic E-state index is -1.21. The van der Waals surface area contributed by atoms with Gasteiger partial charge in [0.15, 0.2) is 27.3 Å². The molecule has 4 heterocycles. The molecule has 0 bridgehead atoms. The van der Waals surface area contributed by atoms with Crippen LogP contribution in [0.15, 0.2) is 47.5 Å². The van der Waals surface area contributed by atoms with E-state index in [1.807, 2.05) is 30.3 Å². The Balaban J connectivity index is 1.25. The number of hydrogen-bond donors (Lipinski definition) is 0. The van der Waals surface area contributed by atoms with Crippen molar-refractivity contribution in [1.82, 2.24) is 19.7 Å². The van der Waals surface area contributed by atoms with Gasteiger partial charge in [-0.15, -0.1) is 21.5 Å². The molecule has 50 heavy (non-hydrogen) atoms. The van der Waals surface area contributed by atoms with Crippen molar-refractivity contribution < 1.29 is 19.0 Å². The van der Waals surface area contributed by atoms with Crippen molar-refractivity contribution in [2.75, 3.05) is 31.8 Å². The normalized spacial score (nSPS) is 13.6. The third kappa shape index (κ3) is 8.58. The van der Waals surface area contributed by atoms with Gasteiger partial charge in [0.1, 0.15) is 12.5 Å². The molecule has 6 rings (SSSR count). The number of thiazole rings is 2. The zero-order valence-electron chi connectivity index (χ0n) is 28.8. The molecule has 0 saturated carbocycles. The van der Waals surface area contributed by atoms with E-state index in [9.17, 15) is 4.79 Å². The SMILES string of the molecule is COC(=O)c1nc(N2CCCc3c2nnc(/N=c2\sc4ccccc4n2COCC[Si](C)(C)C)c3C)sc1CCCOc1ccc(I)cc1Cl. The Morgan fingerprint density at radius 1 is 1.12 bits per heavy atom. The monoisotopic (exact) mass is 862 g/mol. The summed E-state index contributed by atoms with van der Waals surface area (Å²) in [6, 6.07) is 15.1. The number of methoxy groups -OCH3 is 1. The standard InChI is InChI=1S/C35H40ClIN6O4S2Si/c1-22-24-10-8-16-42(34-38-30(33(44)45-2)29(49-34)13-9-17-47-27-15-14-23(37)20-25(27)36)32(24)41-40-31(22)39-35-43(21-46-18-19-50(3,4)5)26-11-6-7-12-28(26)48-35/h6-7,11-12,14-15,20H,8-10,13,16-19,21H2,1-5H3/b39-35-. The molecule has 2 aromatic carbocycles. The molecule has 0 atom stereocenters. The zero-order chi connectivity index (χ0) is 35.4. The fourth-order valence-corrected chi connectivity index (χ4v) is 9.41. The largest absolute Gasteiger partial charge is 0.492 e. The number of hydrogen-bond acceptors (Lipinski definition) is 11. The average Bonchev–Trinajstić information content (AvgIpc) is 3.67. The number of fused-ring (bicyclic) bond motifs is 2. The summed E-state index contributed by atoms with van der Waals surface area (Å²) in [6.07, 6.45) is 3.03. The molecule has 0 N–H and O–H groups in total. The number of anilines is 2. The van der Waals surface area contributed by atoms with E-state index in [2.05, 4.69) is 75.9 Å². The van der Waals surface area contributed by atoms with Crippen LogP contribution in [0.5, 0.6) is 5.75 Å². The first-order valence-electron chi connectivity index (χ1n) is 16.5. The van der Waals surface area contributed by atoms with Gasteiger partial charge in [0, 0.05) is 40.8 Å². The van der Waals surface area contributed by atoms with E-state index in [4.69, 9.17) is 40.9 Å². The van der Waals surface area contributed by atoms with Gasteiger partial charge in [0.25, 0.3) is 0 Å². The lowest BCUT2D eigenvalue weighted by molar-refractivity contribution is 0.0593. The Labute approximate surface area is 319 Å². The minimum Gasteiger partial charge on any atom is -0.492 e. The molecular formula is C35H40ClIN6O4S2Si. The van der Waals surface area contributed by atoms with Crippen molar-refractivity contribution in [3.8, 4) is 5.75 Å². The van der Waals surface area contributed by atoms with Gasteiger partial charge in [0.2, 0.25) is 0 Å². The summed E-state index contributed by atoms with van der Waals surface area (Å²) in [7, 11) is 0.173. The molecule has 264 valence electrons. The number of aryl methyl sites for hydroxylation is 1. The lowest BCUT2D eigenvalue weighted by Crippen LogP contribution is -2.27. The Hall–Kier alpha value is -2.89. The highest BCUT2D eigenvalue weighted by molar-refractivity contribution is 14.1. The average molecular weight is 863 g/mol. The summed E-state index contributed by atoms with van der Waals surface area (Å²) < 4.78 is 21.5. The van der Waals surface area contributed by atoms with Crippen LogP contribution < -0.4 is 14.4 Å².